The van der Waals surface area contributed by atoms with Gasteiger partial charge in [0.25, 0.3) is 0 Å². The molecule has 0 radical (unpaired) electrons. The zero-order valence-corrected chi connectivity index (χ0v) is 16.7. The molecule has 1 unspecified atom stereocenters. The normalized spacial score (nSPS) is 16.4. The number of nitrogens with one attached hydrogen (secondary N) is 1. The molecular formula is C20H28FN7. The number of hydrogen-bond acceptors (Lipinski definition) is 5. The number of anilines is 1. The third-order valence-corrected chi connectivity index (χ3v) is 4.94. The number of halogens is 1. The molecule has 150 valence electrons. The fourth-order valence-electron chi connectivity index (χ4n) is 3.41. The van der Waals surface area contributed by atoms with Crippen LogP contribution in [0.1, 0.15) is 11.6 Å². The summed E-state index contributed by atoms with van der Waals surface area (Å²) in [6.07, 6.45) is 3.53. The zero-order chi connectivity index (χ0) is 19.9. The molecule has 1 N–H and O–H groups in total. The highest BCUT2D eigenvalue weighted by Gasteiger charge is 2.22. The quantitative estimate of drug-likeness (QED) is 0.623. The third-order valence-electron chi connectivity index (χ3n) is 4.94. The Bertz CT molecular complexity index is 773. The van der Waals surface area contributed by atoms with E-state index in [1.807, 2.05) is 26.2 Å². The van der Waals surface area contributed by atoms with Crippen LogP contribution in [-0.4, -0.2) is 79.6 Å². The first-order chi connectivity index (χ1) is 13.6. The molecule has 0 bridgehead atoms. The standard InChI is InChI=1S/C20H28FN7/c1-22-19(25-15-18(26(2)3)16-6-4-7-17(21)14-16)27-10-12-28(13-11-27)20-23-8-5-9-24-20/h4-9,14,18H,10-13,15H2,1-3H3,(H,22,25). The lowest BCUT2D eigenvalue weighted by Crippen LogP contribution is -2.53. The van der Waals surface area contributed by atoms with Crippen LogP contribution in [0.15, 0.2) is 47.7 Å². The van der Waals surface area contributed by atoms with Crippen LogP contribution >= 0.6 is 0 Å². The number of piperazine rings is 1. The number of nitrogens with zero attached hydrogens (tertiary/aromatic N) is 6. The van der Waals surface area contributed by atoms with Crippen molar-refractivity contribution in [3.8, 4) is 0 Å². The summed E-state index contributed by atoms with van der Waals surface area (Å²) in [6, 6.07) is 8.64. The van der Waals surface area contributed by atoms with E-state index in [-0.39, 0.29) is 11.9 Å². The molecular weight excluding hydrogens is 357 g/mol. The molecule has 0 spiro atoms. The summed E-state index contributed by atoms with van der Waals surface area (Å²) >= 11 is 0. The van der Waals surface area contributed by atoms with Gasteiger partial charge in [-0.3, -0.25) is 4.99 Å². The maximum absolute atomic E-state index is 13.6. The highest BCUT2D eigenvalue weighted by Crippen LogP contribution is 2.18. The minimum Gasteiger partial charge on any atom is -0.354 e. The van der Waals surface area contributed by atoms with Gasteiger partial charge in [0, 0.05) is 52.2 Å². The molecule has 1 aliphatic heterocycles. The molecule has 1 aromatic heterocycles. The predicted octanol–water partition coefficient (Wildman–Crippen LogP) is 1.62. The Labute approximate surface area is 165 Å². The summed E-state index contributed by atoms with van der Waals surface area (Å²) in [4.78, 5) is 19.6. The van der Waals surface area contributed by atoms with Gasteiger partial charge in [-0.05, 0) is 37.9 Å². The molecule has 7 nitrogen and oxygen atoms in total. The number of aliphatic imine (C=N–C) groups is 1. The van der Waals surface area contributed by atoms with Gasteiger partial charge in [-0.1, -0.05) is 12.1 Å². The van der Waals surface area contributed by atoms with Crippen LogP contribution in [-0.2, 0) is 0 Å². The van der Waals surface area contributed by atoms with Gasteiger partial charge in [-0.15, -0.1) is 0 Å². The van der Waals surface area contributed by atoms with Crippen molar-refractivity contribution in [2.45, 2.75) is 6.04 Å². The SMILES string of the molecule is CN=C(NCC(c1cccc(F)c1)N(C)C)N1CCN(c2ncccn2)CC1. The Hall–Kier alpha value is -2.74. The maximum Gasteiger partial charge on any atom is 0.225 e. The number of rotatable bonds is 5. The Morgan fingerprint density at radius 1 is 1.18 bits per heavy atom. The molecule has 28 heavy (non-hydrogen) atoms. The van der Waals surface area contributed by atoms with Crippen molar-refractivity contribution in [1.29, 1.82) is 0 Å². The second-order valence-electron chi connectivity index (χ2n) is 6.99. The lowest BCUT2D eigenvalue weighted by atomic mass is 10.1. The number of benzene rings is 1. The van der Waals surface area contributed by atoms with Crippen LogP contribution in [0, 0.1) is 5.82 Å². The predicted molar refractivity (Wildman–Crippen MR) is 110 cm³/mol. The summed E-state index contributed by atoms with van der Waals surface area (Å²) < 4.78 is 13.6. The molecule has 0 saturated carbocycles. The summed E-state index contributed by atoms with van der Waals surface area (Å²) in [7, 11) is 5.79. The minimum absolute atomic E-state index is 0.0476. The van der Waals surface area contributed by atoms with E-state index >= 15 is 0 Å². The van der Waals surface area contributed by atoms with Crippen molar-refractivity contribution in [1.82, 2.24) is 25.1 Å². The Morgan fingerprint density at radius 2 is 1.89 bits per heavy atom. The summed E-state index contributed by atoms with van der Waals surface area (Å²) in [6.45, 7) is 4.00. The van der Waals surface area contributed by atoms with Gasteiger partial charge < -0.3 is 20.0 Å². The van der Waals surface area contributed by atoms with Crippen LogP contribution in [0.3, 0.4) is 0 Å². The van der Waals surface area contributed by atoms with E-state index in [9.17, 15) is 4.39 Å². The first kappa shape index (κ1) is 20.0. The lowest BCUT2D eigenvalue weighted by molar-refractivity contribution is 0.291. The summed E-state index contributed by atoms with van der Waals surface area (Å²) in [5, 5.41) is 3.46. The van der Waals surface area contributed by atoms with Gasteiger partial charge >= 0.3 is 0 Å². The molecule has 1 aromatic carbocycles. The topological polar surface area (TPSA) is 59.9 Å². The lowest BCUT2D eigenvalue weighted by Gasteiger charge is -2.37. The van der Waals surface area contributed by atoms with Gasteiger partial charge in [-0.2, -0.15) is 0 Å². The Balaban J connectivity index is 1.58. The molecule has 0 amide bonds. The van der Waals surface area contributed by atoms with E-state index in [0.29, 0.717) is 6.54 Å². The molecule has 2 aromatic rings. The zero-order valence-electron chi connectivity index (χ0n) is 16.7. The average Bonchev–Trinajstić information content (AvgIpc) is 2.72. The molecule has 2 heterocycles. The van der Waals surface area contributed by atoms with Gasteiger partial charge in [0.2, 0.25) is 5.95 Å². The second-order valence-corrected chi connectivity index (χ2v) is 6.99. The van der Waals surface area contributed by atoms with E-state index in [1.54, 1.807) is 31.6 Å². The van der Waals surface area contributed by atoms with E-state index in [0.717, 1.165) is 43.7 Å². The van der Waals surface area contributed by atoms with E-state index in [2.05, 4.69) is 35.0 Å². The molecule has 1 aliphatic rings. The van der Waals surface area contributed by atoms with Crippen LogP contribution in [0.2, 0.25) is 0 Å². The monoisotopic (exact) mass is 385 g/mol. The molecule has 1 saturated heterocycles. The molecule has 3 rings (SSSR count). The maximum atomic E-state index is 13.6. The van der Waals surface area contributed by atoms with Crippen LogP contribution in [0.5, 0.6) is 0 Å². The van der Waals surface area contributed by atoms with Crippen molar-refractivity contribution in [2.24, 2.45) is 4.99 Å². The largest absolute Gasteiger partial charge is 0.354 e. The van der Waals surface area contributed by atoms with E-state index in [1.165, 1.54) is 6.07 Å². The van der Waals surface area contributed by atoms with Gasteiger partial charge in [0.15, 0.2) is 5.96 Å². The summed E-state index contributed by atoms with van der Waals surface area (Å²) in [5.41, 5.74) is 0.944. The second kappa shape index (κ2) is 9.45. The van der Waals surface area contributed by atoms with Crippen molar-refractivity contribution in [3.05, 3.63) is 54.1 Å². The Kier molecular flexibility index (Phi) is 6.76. The average molecular weight is 385 g/mol. The van der Waals surface area contributed by atoms with Crippen molar-refractivity contribution in [3.63, 3.8) is 0 Å². The Morgan fingerprint density at radius 3 is 2.50 bits per heavy atom. The first-order valence-electron chi connectivity index (χ1n) is 9.48. The van der Waals surface area contributed by atoms with Gasteiger partial charge in [0.05, 0.1) is 6.04 Å². The third kappa shape index (κ3) is 4.95. The molecule has 1 fully saturated rings. The van der Waals surface area contributed by atoms with Crippen LogP contribution in [0.25, 0.3) is 0 Å². The number of aromatic nitrogens is 2. The molecule has 0 aliphatic carbocycles. The minimum atomic E-state index is -0.215. The van der Waals surface area contributed by atoms with Crippen molar-refractivity contribution < 1.29 is 4.39 Å². The molecule has 8 heteroatoms. The first-order valence-corrected chi connectivity index (χ1v) is 9.48. The van der Waals surface area contributed by atoms with Crippen molar-refractivity contribution >= 4 is 11.9 Å². The van der Waals surface area contributed by atoms with E-state index < -0.39 is 0 Å². The van der Waals surface area contributed by atoms with E-state index in [4.69, 9.17) is 0 Å². The highest BCUT2D eigenvalue weighted by atomic mass is 19.1. The molecule has 1 atom stereocenters. The smallest absolute Gasteiger partial charge is 0.225 e. The van der Waals surface area contributed by atoms with Gasteiger partial charge in [0.1, 0.15) is 5.82 Å². The van der Waals surface area contributed by atoms with Crippen LogP contribution < -0.4 is 10.2 Å². The summed E-state index contributed by atoms with van der Waals surface area (Å²) in [5.74, 6) is 1.41. The van der Waals surface area contributed by atoms with Crippen LogP contribution in [0.4, 0.5) is 10.3 Å². The highest BCUT2D eigenvalue weighted by molar-refractivity contribution is 5.80. The fraction of sp³-hybridized carbons (Fsp3) is 0.450. The number of guanidine groups is 1. The van der Waals surface area contributed by atoms with Crippen molar-refractivity contribution in [2.75, 3.05) is 58.8 Å². The number of likely N-dealkylation sites (N-methyl/N-ethyl adjacent to an activating group) is 1. The van der Waals surface area contributed by atoms with Gasteiger partial charge in [-0.25, -0.2) is 14.4 Å². The number of hydrogen-bond donors (Lipinski definition) is 1. The fourth-order valence-corrected chi connectivity index (χ4v) is 3.41.